The molecule has 0 fully saturated rings. The molecule has 0 spiro atoms. The van der Waals surface area contributed by atoms with Crippen molar-refractivity contribution in [1.29, 1.82) is 0 Å². The van der Waals surface area contributed by atoms with Gasteiger partial charge in [0.15, 0.2) is 5.13 Å². The number of fused-ring (bicyclic) bond motifs is 1. The molecule has 1 aromatic heterocycles. The Balaban J connectivity index is 1.80. The molecule has 1 amide bonds. The molecule has 0 radical (unpaired) electrons. The van der Waals surface area contributed by atoms with Crippen LogP contribution in [-0.4, -0.2) is 10.9 Å². The zero-order valence-corrected chi connectivity index (χ0v) is 17.2. The van der Waals surface area contributed by atoms with Crippen molar-refractivity contribution in [3.63, 3.8) is 0 Å². The second kappa shape index (κ2) is 7.74. The number of rotatable bonds is 4. The Morgan fingerprint density at radius 3 is 2.39 bits per heavy atom. The molecule has 0 unspecified atom stereocenters. The van der Waals surface area contributed by atoms with Crippen LogP contribution < -0.4 is 4.90 Å². The van der Waals surface area contributed by atoms with Crippen molar-refractivity contribution >= 4 is 44.2 Å². The summed E-state index contributed by atoms with van der Waals surface area (Å²) in [7, 11) is 0. The highest BCUT2D eigenvalue weighted by Crippen LogP contribution is 2.36. The van der Waals surface area contributed by atoms with Crippen LogP contribution in [0.2, 0.25) is 5.02 Å². The minimum absolute atomic E-state index is 0.0725. The van der Waals surface area contributed by atoms with Crippen molar-refractivity contribution in [2.45, 2.75) is 20.4 Å². The zero-order valence-electron chi connectivity index (χ0n) is 15.6. The molecule has 140 valence electrons. The molecule has 4 aromatic rings. The number of aryl methyl sites for hydroxylation is 2. The predicted molar refractivity (Wildman–Crippen MR) is 118 cm³/mol. The molecule has 1 heterocycles. The monoisotopic (exact) mass is 406 g/mol. The third-order valence-electron chi connectivity index (χ3n) is 4.64. The lowest BCUT2D eigenvalue weighted by Crippen LogP contribution is -2.30. The molecular weight excluding hydrogens is 388 g/mol. The fourth-order valence-corrected chi connectivity index (χ4v) is 4.36. The maximum Gasteiger partial charge on any atom is 0.260 e. The second-order valence-corrected chi connectivity index (χ2v) is 8.17. The Hall–Kier alpha value is -2.69. The molecule has 4 rings (SSSR count). The van der Waals surface area contributed by atoms with Crippen LogP contribution in [0.4, 0.5) is 5.13 Å². The molecule has 3 aromatic carbocycles. The summed E-state index contributed by atoms with van der Waals surface area (Å²) in [5.74, 6) is -0.0725. The summed E-state index contributed by atoms with van der Waals surface area (Å²) in [6.45, 7) is 4.46. The maximum atomic E-state index is 13.4. The number of hydrogen-bond acceptors (Lipinski definition) is 3. The molecule has 0 aliphatic carbocycles. The highest BCUT2D eigenvalue weighted by atomic mass is 35.5. The molecule has 0 atom stereocenters. The quantitative estimate of drug-likeness (QED) is 0.392. The molecule has 0 N–H and O–H groups in total. The van der Waals surface area contributed by atoms with Gasteiger partial charge in [-0.1, -0.05) is 77.0 Å². The summed E-state index contributed by atoms with van der Waals surface area (Å²) in [4.78, 5) is 19.9. The molecule has 5 heteroatoms. The van der Waals surface area contributed by atoms with Gasteiger partial charge in [0.1, 0.15) is 0 Å². The first-order valence-electron chi connectivity index (χ1n) is 9.01. The average molecular weight is 407 g/mol. The van der Waals surface area contributed by atoms with Crippen molar-refractivity contribution in [3.8, 4) is 0 Å². The van der Waals surface area contributed by atoms with E-state index in [4.69, 9.17) is 16.6 Å². The zero-order chi connectivity index (χ0) is 19.7. The Morgan fingerprint density at radius 1 is 1.00 bits per heavy atom. The topological polar surface area (TPSA) is 33.2 Å². The van der Waals surface area contributed by atoms with E-state index in [1.807, 2.05) is 80.6 Å². The summed E-state index contributed by atoms with van der Waals surface area (Å²) in [5.41, 5.74) is 4.70. The van der Waals surface area contributed by atoms with Gasteiger partial charge in [0, 0.05) is 5.56 Å². The fraction of sp³-hybridized carbons (Fsp3) is 0.130. The molecule has 3 nitrogen and oxygen atoms in total. The van der Waals surface area contributed by atoms with Gasteiger partial charge in [-0.25, -0.2) is 4.98 Å². The number of halogens is 1. The lowest BCUT2D eigenvalue weighted by molar-refractivity contribution is 0.0985. The van der Waals surface area contributed by atoms with Crippen LogP contribution in [0, 0.1) is 13.8 Å². The van der Waals surface area contributed by atoms with Crippen LogP contribution in [0.3, 0.4) is 0 Å². The van der Waals surface area contributed by atoms with E-state index in [1.165, 1.54) is 11.3 Å². The van der Waals surface area contributed by atoms with Crippen molar-refractivity contribution < 1.29 is 4.79 Å². The molecule has 28 heavy (non-hydrogen) atoms. The largest absolute Gasteiger partial charge is 0.279 e. The highest BCUT2D eigenvalue weighted by molar-refractivity contribution is 7.23. The van der Waals surface area contributed by atoms with E-state index in [0.717, 1.165) is 26.9 Å². The minimum Gasteiger partial charge on any atom is -0.279 e. The van der Waals surface area contributed by atoms with Gasteiger partial charge in [-0.15, -0.1) is 0 Å². The van der Waals surface area contributed by atoms with Crippen molar-refractivity contribution in [2.75, 3.05) is 4.90 Å². The normalized spacial score (nSPS) is 11.0. The first-order valence-corrected chi connectivity index (χ1v) is 10.2. The fourth-order valence-electron chi connectivity index (χ4n) is 3.05. The Kier molecular flexibility index (Phi) is 5.16. The van der Waals surface area contributed by atoms with E-state index >= 15 is 0 Å². The van der Waals surface area contributed by atoms with Gasteiger partial charge in [0.25, 0.3) is 5.91 Å². The number of aromatic nitrogens is 1. The first-order chi connectivity index (χ1) is 13.5. The van der Waals surface area contributed by atoms with E-state index in [0.29, 0.717) is 22.3 Å². The van der Waals surface area contributed by atoms with Gasteiger partial charge in [-0.2, -0.15) is 0 Å². The van der Waals surface area contributed by atoms with Gasteiger partial charge in [-0.3, -0.25) is 9.69 Å². The molecule has 0 saturated heterocycles. The molecule has 0 aliphatic rings. The summed E-state index contributed by atoms with van der Waals surface area (Å²) >= 11 is 7.84. The number of thiazole rings is 1. The Bertz CT molecular complexity index is 1100. The van der Waals surface area contributed by atoms with E-state index in [2.05, 4.69) is 0 Å². The van der Waals surface area contributed by atoms with E-state index in [9.17, 15) is 4.79 Å². The maximum absolute atomic E-state index is 13.4. The van der Waals surface area contributed by atoms with E-state index < -0.39 is 0 Å². The van der Waals surface area contributed by atoms with Crippen molar-refractivity contribution in [2.24, 2.45) is 0 Å². The van der Waals surface area contributed by atoms with E-state index in [-0.39, 0.29) is 5.91 Å². The minimum atomic E-state index is -0.0725. The average Bonchev–Trinajstić information content (AvgIpc) is 3.16. The lowest BCUT2D eigenvalue weighted by atomic mass is 10.1. The molecule has 0 bridgehead atoms. The van der Waals surface area contributed by atoms with Crippen LogP contribution in [0.5, 0.6) is 0 Å². The number of benzene rings is 3. The van der Waals surface area contributed by atoms with Gasteiger partial charge in [0.05, 0.1) is 21.8 Å². The lowest BCUT2D eigenvalue weighted by Gasteiger charge is -2.20. The SMILES string of the molecule is Cc1ccc(C(=O)N(Cc2ccccc2)c2nc3c(C)ccc(Cl)c3s2)cc1. The van der Waals surface area contributed by atoms with Gasteiger partial charge < -0.3 is 0 Å². The van der Waals surface area contributed by atoms with E-state index in [1.54, 1.807) is 4.90 Å². The van der Waals surface area contributed by atoms with Crippen LogP contribution in [0.15, 0.2) is 66.7 Å². The van der Waals surface area contributed by atoms with Gasteiger partial charge >= 0.3 is 0 Å². The standard InChI is InChI=1S/C23H19ClN2OS/c1-15-8-11-18(12-9-15)22(27)26(14-17-6-4-3-5-7-17)23-25-20-16(2)10-13-19(24)21(20)28-23/h3-13H,14H2,1-2H3. The van der Waals surface area contributed by atoms with Gasteiger partial charge in [0.2, 0.25) is 0 Å². The second-order valence-electron chi connectivity index (χ2n) is 6.78. The van der Waals surface area contributed by atoms with Crippen LogP contribution in [-0.2, 0) is 6.54 Å². The summed E-state index contributed by atoms with van der Waals surface area (Å²) in [6, 6.07) is 21.4. The highest BCUT2D eigenvalue weighted by Gasteiger charge is 2.22. The van der Waals surface area contributed by atoms with Crippen LogP contribution in [0.1, 0.15) is 27.0 Å². The number of nitrogens with zero attached hydrogens (tertiary/aromatic N) is 2. The van der Waals surface area contributed by atoms with Crippen molar-refractivity contribution in [3.05, 3.63) is 94.0 Å². The number of hydrogen-bond donors (Lipinski definition) is 0. The predicted octanol–water partition coefficient (Wildman–Crippen LogP) is 6.41. The van der Waals surface area contributed by atoms with Crippen LogP contribution in [0.25, 0.3) is 10.2 Å². The number of amides is 1. The summed E-state index contributed by atoms with van der Waals surface area (Å²) < 4.78 is 0.909. The van der Waals surface area contributed by atoms with Gasteiger partial charge in [-0.05, 0) is 43.2 Å². The third kappa shape index (κ3) is 3.66. The smallest absolute Gasteiger partial charge is 0.260 e. The van der Waals surface area contributed by atoms with Crippen molar-refractivity contribution in [1.82, 2.24) is 4.98 Å². The summed E-state index contributed by atoms with van der Waals surface area (Å²) in [6.07, 6.45) is 0. The number of carbonyl (C=O) groups excluding carboxylic acids is 1. The number of anilines is 1. The number of carbonyl (C=O) groups is 1. The van der Waals surface area contributed by atoms with Crippen LogP contribution >= 0.6 is 22.9 Å². The first kappa shape index (κ1) is 18.7. The molecule has 0 aliphatic heterocycles. The Morgan fingerprint density at radius 2 is 1.71 bits per heavy atom. The third-order valence-corrected chi connectivity index (χ3v) is 6.18. The summed E-state index contributed by atoms with van der Waals surface area (Å²) in [5, 5.41) is 1.31. The molecular formula is C23H19ClN2OS. The molecule has 0 saturated carbocycles. The Labute approximate surface area is 173 Å².